The number of benzene rings is 3. The molecule has 0 aliphatic rings. The van der Waals surface area contributed by atoms with Gasteiger partial charge in [-0.25, -0.2) is 4.68 Å². The van der Waals surface area contributed by atoms with E-state index in [1.165, 1.54) is 6.20 Å². The van der Waals surface area contributed by atoms with Gasteiger partial charge in [0.15, 0.2) is 0 Å². The second-order valence-electron chi connectivity index (χ2n) is 6.68. The molecule has 0 unspecified atom stereocenters. The number of nitrogens with one attached hydrogen (secondary N) is 2. The molecule has 0 saturated carbocycles. The molecule has 0 fully saturated rings. The van der Waals surface area contributed by atoms with Crippen molar-refractivity contribution in [2.45, 2.75) is 6.42 Å². The lowest BCUT2D eigenvalue weighted by Crippen LogP contribution is -2.20. The van der Waals surface area contributed by atoms with Crippen molar-refractivity contribution in [2.75, 3.05) is 10.6 Å². The molecule has 4 rings (SSSR count). The molecule has 6 nitrogen and oxygen atoms in total. The van der Waals surface area contributed by atoms with Crippen LogP contribution in [0.4, 0.5) is 11.5 Å². The number of hydrogen-bond acceptors (Lipinski definition) is 3. The predicted molar refractivity (Wildman–Crippen MR) is 117 cm³/mol. The molecule has 0 radical (unpaired) electrons. The van der Waals surface area contributed by atoms with E-state index in [1.54, 1.807) is 16.8 Å². The third-order valence-corrected chi connectivity index (χ3v) is 4.51. The molecule has 1 aromatic heterocycles. The summed E-state index contributed by atoms with van der Waals surface area (Å²) in [5, 5.41) is 10.1. The zero-order valence-corrected chi connectivity index (χ0v) is 16.2. The van der Waals surface area contributed by atoms with Crippen LogP contribution >= 0.6 is 0 Å². The molecule has 0 spiro atoms. The van der Waals surface area contributed by atoms with Crippen molar-refractivity contribution < 1.29 is 9.59 Å². The van der Waals surface area contributed by atoms with Gasteiger partial charge in [0, 0.05) is 5.69 Å². The first-order valence-corrected chi connectivity index (χ1v) is 9.54. The molecule has 148 valence electrons. The molecule has 1 heterocycles. The van der Waals surface area contributed by atoms with Gasteiger partial charge in [0.05, 0.1) is 18.3 Å². The average molecular weight is 396 g/mol. The van der Waals surface area contributed by atoms with E-state index in [0.29, 0.717) is 11.5 Å². The Morgan fingerprint density at radius 3 is 2.03 bits per heavy atom. The zero-order chi connectivity index (χ0) is 20.8. The van der Waals surface area contributed by atoms with Crippen LogP contribution in [0.5, 0.6) is 0 Å². The molecule has 0 aliphatic carbocycles. The highest BCUT2D eigenvalue weighted by Gasteiger charge is 2.21. The number of nitrogens with zero attached hydrogens (tertiary/aromatic N) is 2. The van der Waals surface area contributed by atoms with E-state index in [0.717, 1.165) is 11.3 Å². The molecule has 2 amide bonds. The maximum atomic E-state index is 12.9. The van der Waals surface area contributed by atoms with Gasteiger partial charge in [-0.1, -0.05) is 66.7 Å². The second kappa shape index (κ2) is 8.87. The number of rotatable bonds is 6. The van der Waals surface area contributed by atoms with Crippen molar-refractivity contribution in [1.29, 1.82) is 0 Å². The minimum atomic E-state index is -0.349. The van der Waals surface area contributed by atoms with Crippen molar-refractivity contribution in [3.8, 4) is 5.69 Å². The largest absolute Gasteiger partial charge is 0.322 e. The first-order chi connectivity index (χ1) is 14.7. The van der Waals surface area contributed by atoms with Gasteiger partial charge >= 0.3 is 0 Å². The second-order valence-corrected chi connectivity index (χ2v) is 6.68. The predicted octanol–water partition coefficient (Wildman–Crippen LogP) is 4.31. The van der Waals surface area contributed by atoms with E-state index in [1.807, 2.05) is 78.9 Å². The fourth-order valence-electron chi connectivity index (χ4n) is 3.08. The highest BCUT2D eigenvalue weighted by molar-refractivity contribution is 6.09. The monoisotopic (exact) mass is 396 g/mol. The fraction of sp³-hybridized carbons (Fsp3) is 0.0417. The molecule has 0 bridgehead atoms. The molecule has 30 heavy (non-hydrogen) atoms. The minimum absolute atomic E-state index is 0.195. The summed E-state index contributed by atoms with van der Waals surface area (Å²) in [7, 11) is 0. The molecule has 4 aromatic rings. The SMILES string of the molecule is O=C(Cc1ccccc1)Nc1c(C(=O)Nc2ccccc2)cnn1-c1ccccc1. The number of amides is 2. The van der Waals surface area contributed by atoms with Crippen molar-refractivity contribution in [3.05, 3.63) is 108 Å². The highest BCUT2D eigenvalue weighted by Crippen LogP contribution is 2.22. The Kier molecular flexibility index (Phi) is 5.66. The maximum Gasteiger partial charge on any atom is 0.261 e. The van der Waals surface area contributed by atoms with Gasteiger partial charge in [0.25, 0.3) is 5.91 Å². The van der Waals surface area contributed by atoms with Crippen molar-refractivity contribution in [2.24, 2.45) is 0 Å². The van der Waals surface area contributed by atoms with Crippen LogP contribution in [0, 0.1) is 0 Å². The van der Waals surface area contributed by atoms with E-state index < -0.39 is 0 Å². The standard InChI is InChI=1S/C24H20N4O2/c29-22(16-18-10-4-1-5-11-18)27-23-21(24(30)26-19-12-6-2-7-13-19)17-25-28(23)20-14-8-3-9-15-20/h1-15,17H,16H2,(H,26,30)(H,27,29). The van der Waals surface area contributed by atoms with E-state index in [2.05, 4.69) is 15.7 Å². The van der Waals surface area contributed by atoms with Crippen LogP contribution in [0.3, 0.4) is 0 Å². The third-order valence-electron chi connectivity index (χ3n) is 4.51. The van der Waals surface area contributed by atoms with Gasteiger partial charge in [0.1, 0.15) is 11.4 Å². The number of carbonyl (C=O) groups excluding carboxylic acids is 2. The molecule has 6 heteroatoms. The van der Waals surface area contributed by atoms with Crippen LogP contribution in [-0.2, 0) is 11.2 Å². The normalized spacial score (nSPS) is 10.4. The Morgan fingerprint density at radius 2 is 1.37 bits per heavy atom. The first kappa shape index (κ1) is 19.1. The van der Waals surface area contributed by atoms with Gasteiger partial charge in [-0.15, -0.1) is 0 Å². The topological polar surface area (TPSA) is 76.0 Å². The lowest BCUT2D eigenvalue weighted by Gasteiger charge is -2.12. The molecule has 0 atom stereocenters. The Balaban J connectivity index is 1.64. The Bertz CT molecular complexity index is 1140. The van der Waals surface area contributed by atoms with Crippen molar-refractivity contribution in [1.82, 2.24) is 9.78 Å². The molecule has 0 aliphatic heterocycles. The highest BCUT2D eigenvalue weighted by atomic mass is 16.2. The number of carbonyl (C=O) groups is 2. The van der Waals surface area contributed by atoms with Crippen molar-refractivity contribution >= 4 is 23.3 Å². The molecule has 3 aromatic carbocycles. The summed E-state index contributed by atoms with van der Waals surface area (Å²) in [6.45, 7) is 0. The number of para-hydroxylation sites is 2. The minimum Gasteiger partial charge on any atom is -0.322 e. The smallest absolute Gasteiger partial charge is 0.261 e. The summed E-state index contributed by atoms with van der Waals surface area (Å²) in [6.07, 6.45) is 1.66. The third kappa shape index (κ3) is 4.44. The Morgan fingerprint density at radius 1 is 0.767 bits per heavy atom. The van der Waals surface area contributed by atoms with Gasteiger partial charge in [-0.05, 0) is 29.8 Å². The van der Waals surface area contributed by atoms with Crippen LogP contribution in [0.1, 0.15) is 15.9 Å². The fourth-order valence-corrected chi connectivity index (χ4v) is 3.08. The van der Waals surface area contributed by atoms with E-state index >= 15 is 0 Å². The van der Waals surface area contributed by atoms with E-state index in [4.69, 9.17) is 0 Å². The van der Waals surface area contributed by atoms with Crippen molar-refractivity contribution in [3.63, 3.8) is 0 Å². The Labute approximate surface area is 174 Å². The quantitative estimate of drug-likeness (QED) is 0.510. The van der Waals surface area contributed by atoms with Gasteiger partial charge in [-0.2, -0.15) is 5.10 Å². The molecule has 0 saturated heterocycles. The lowest BCUT2D eigenvalue weighted by atomic mass is 10.1. The van der Waals surface area contributed by atoms with Crippen LogP contribution in [0.25, 0.3) is 5.69 Å². The van der Waals surface area contributed by atoms with Crippen LogP contribution in [0.2, 0.25) is 0 Å². The van der Waals surface area contributed by atoms with E-state index in [9.17, 15) is 9.59 Å². The maximum absolute atomic E-state index is 12.9. The van der Waals surface area contributed by atoms with E-state index in [-0.39, 0.29) is 23.8 Å². The summed E-state index contributed by atoms with van der Waals surface area (Å²) < 4.78 is 1.56. The van der Waals surface area contributed by atoms with Gasteiger partial charge in [-0.3, -0.25) is 9.59 Å². The summed E-state index contributed by atoms with van der Waals surface area (Å²) >= 11 is 0. The number of aromatic nitrogens is 2. The molecular weight excluding hydrogens is 376 g/mol. The zero-order valence-electron chi connectivity index (χ0n) is 16.2. The number of hydrogen-bond donors (Lipinski definition) is 2. The Hall–Kier alpha value is -4.19. The van der Waals surface area contributed by atoms with Gasteiger partial charge < -0.3 is 10.6 Å². The molecular formula is C24H20N4O2. The number of anilines is 2. The van der Waals surface area contributed by atoms with Crippen LogP contribution < -0.4 is 10.6 Å². The summed E-state index contributed by atoms with van der Waals surface area (Å²) in [4.78, 5) is 25.6. The van der Waals surface area contributed by atoms with Crippen LogP contribution in [0.15, 0.2) is 97.2 Å². The van der Waals surface area contributed by atoms with Crippen LogP contribution in [-0.4, -0.2) is 21.6 Å². The average Bonchev–Trinajstić information content (AvgIpc) is 3.19. The van der Waals surface area contributed by atoms with Gasteiger partial charge in [0.2, 0.25) is 5.91 Å². The first-order valence-electron chi connectivity index (χ1n) is 9.54. The summed E-state index contributed by atoms with van der Waals surface area (Å²) in [5.41, 5.74) is 2.57. The lowest BCUT2D eigenvalue weighted by molar-refractivity contribution is -0.115. The summed E-state index contributed by atoms with van der Waals surface area (Å²) in [5.74, 6) is -0.249. The molecule has 2 N–H and O–H groups in total. The summed E-state index contributed by atoms with van der Waals surface area (Å²) in [6, 6.07) is 27.9.